The second-order valence-corrected chi connectivity index (χ2v) is 13.9. The van der Waals surface area contributed by atoms with Gasteiger partial charge in [0.2, 0.25) is 0 Å². The molecule has 8 nitrogen and oxygen atoms in total. The number of aromatic nitrogens is 3. The van der Waals surface area contributed by atoms with Gasteiger partial charge in [0.15, 0.2) is 0 Å². The first kappa shape index (κ1) is 31.0. The summed E-state index contributed by atoms with van der Waals surface area (Å²) in [5.74, 6) is -0.0255. The van der Waals surface area contributed by atoms with Gasteiger partial charge in [-0.1, -0.05) is 23.7 Å². The van der Waals surface area contributed by atoms with Gasteiger partial charge in [-0.3, -0.25) is 9.89 Å². The quantitative estimate of drug-likeness (QED) is 0.186. The number of halogens is 1. The fourth-order valence-corrected chi connectivity index (χ4v) is 7.27. The number of fused-ring (bicyclic) bond motifs is 2. The smallest absolute Gasteiger partial charge is 0.410 e. The fourth-order valence-electron chi connectivity index (χ4n) is 6.01. The van der Waals surface area contributed by atoms with Crippen LogP contribution in [-0.2, 0) is 20.7 Å². The summed E-state index contributed by atoms with van der Waals surface area (Å²) in [4.78, 5) is 32.1. The molecule has 1 aliphatic heterocycles. The molecular formula is C35H37ClN4O4S. The van der Waals surface area contributed by atoms with Crippen LogP contribution in [0.15, 0.2) is 48.5 Å². The lowest BCUT2D eigenvalue weighted by molar-refractivity contribution is -0.142. The van der Waals surface area contributed by atoms with E-state index in [2.05, 4.69) is 29.4 Å². The fraction of sp³-hybridized carbons (Fsp3) is 0.371. The summed E-state index contributed by atoms with van der Waals surface area (Å²) in [6.45, 7) is 11.1. The molecule has 45 heavy (non-hydrogen) atoms. The van der Waals surface area contributed by atoms with Crippen LogP contribution < -0.4 is 0 Å². The second kappa shape index (κ2) is 12.4. The maximum absolute atomic E-state index is 12.6. The normalized spacial score (nSPS) is 14.3. The molecule has 1 fully saturated rings. The number of piperidine rings is 1. The van der Waals surface area contributed by atoms with Gasteiger partial charge < -0.3 is 14.4 Å². The molecule has 3 aromatic carbocycles. The number of carbonyl (C=O) groups excluding carboxylic acids is 2. The Hall–Kier alpha value is -3.95. The van der Waals surface area contributed by atoms with E-state index < -0.39 is 5.60 Å². The van der Waals surface area contributed by atoms with Crippen molar-refractivity contribution in [1.29, 1.82) is 0 Å². The molecule has 0 aliphatic carbocycles. The van der Waals surface area contributed by atoms with Gasteiger partial charge in [0.05, 0.1) is 34.5 Å². The van der Waals surface area contributed by atoms with Crippen LogP contribution in [0.3, 0.4) is 0 Å². The number of hydrogen-bond donors (Lipinski definition) is 1. The summed E-state index contributed by atoms with van der Waals surface area (Å²) in [6.07, 6.45) is 1.55. The third-order valence-corrected chi connectivity index (χ3v) is 9.53. The lowest BCUT2D eigenvalue weighted by Gasteiger charge is -2.33. The second-order valence-electron chi connectivity index (χ2n) is 12.5. The lowest BCUT2D eigenvalue weighted by Crippen LogP contribution is -2.41. The van der Waals surface area contributed by atoms with Crippen molar-refractivity contribution in [3.63, 3.8) is 0 Å². The Kier molecular flexibility index (Phi) is 8.59. The monoisotopic (exact) mass is 644 g/mol. The first-order valence-corrected chi connectivity index (χ1v) is 16.5. The number of aryl methyl sites for hydroxylation is 1. The average molecular weight is 645 g/mol. The predicted octanol–water partition coefficient (Wildman–Crippen LogP) is 8.69. The van der Waals surface area contributed by atoms with Crippen molar-refractivity contribution in [2.45, 2.75) is 65.4 Å². The van der Waals surface area contributed by atoms with Gasteiger partial charge in [0.1, 0.15) is 10.6 Å². The van der Waals surface area contributed by atoms with Gasteiger partial charge >= 0.3 is 12.1 Å². The van der Waals surface area contributed by atoms with Crippen LogP contribution in [0.4, 0.5) is 4.79 Å². The van der Waals surface area contributed by atoms with E-state index in [1.165, 1.54) is 0 Å². The maximum Gasteiger partial charge on any atom is 0.410 e. The molecule has 5 aromatic rings. The van der Waals surface area contributed by atoms with E-state index in [1.54, 1.807) is 16.2 Å². The molecule has 1 aliphatic rings. The molecular weight excluding hydrogens is 608 g/mol. The van der Waals surface area contributed by atoms with Crippen LogP contribution in [0.2, 0.25) is 5.02 Å². The van der Waals surface area contributed by atoms with Gasteiger partial charge in [-0.25, -0.2) is 9.78 Å². The molecule has 0 radical (unpaired) electrons. The van der Waals surface area contributed by atoms with Gasteiger partial charge in [0.25, 0.3) is 0 Å². The predicted molar refractivity (Wildman–Crippen MR) is 180 cm³/mol. The number of amides is 1. The number of aromatic amines is 1. The number of H-pyrrole nitrogens is 1. The summed E-state index contributed by atoms with van der Waals surface area (Å²) in [5.41, 5.74) is 7.25. The maximum atomic E-state index is 12.6. The van der Waals surface area contributed by atoms with Crippen LogP contribution in [0.25, 0.3) is 42.8 Å². The molecule has 0 saturated carbocycles. The van der Waals surface area contributed by atoms with Gasteiger partial charge in [-0.2, -0.15) is 5.10 Å². The van der Waals surface area contributed by atoms with Gasteiger partial charge in [-0.05, 0) is 101 Å². The van der Waals surface area contributed by atoms with Crippen molar-refractivity contribution >= 4 is 56.1 Å². The molecule has 234 valence electrons. The highest BCUT2D eigenvalue weighted by Crippen LogP contribution is 2.42. The summed E-state index contributed by atoms with van der Waals surface area (Å²) < 4.78 is 11.9. The van der Waals surface area contributed by atoms with Crippen molar-refractivity contribution in [3.8, 4) is 21.7 Å². The van der Waals surface area contributed by atoms with Gasteiger partial charge in [0, 0.05) is 40.5 Å². The van der Waals surface area contributed by atoms with Crippen molar-refractivity contribution in [3.05, 3.63) is 70.4 Å². The lowest BCUT2D eigenvalue weighted by atomic mass is 9.91. The average Bonchev–Trinajstić information content (AvgIpc) is 3.61. The number of carbonyl (C=O) groups is 2. The van der Waals surface area contributed by atoms with E-state index in [0.717, 1.165) is 72.5 Å². The molecule has 0 unspecified atom stereocenters. The minimum atomic E-state index is -0.514. The number of thiazole rings is 1. The van der Waals surface area contributed by atoms with Crippen LogP contribution in [-0.4, -0.2) is 57.4 Å². The highest BCUT2D eigenvalue weighted by atomic mass is 35.5. The number of ether oxygens (including phenoxy) is 2. The molecule has 0 atom stereocenters. The zero-order valence-electron chi connectivity index (χ0n) is 26.2. The van der Waals surface area contributed by atoms with Crippen molar-refractivity contribution in [2.24, 2.45) is 0 Å². The number of nitrogens with zero attached hydrogens (tertiary/aromatic N) is 3. The number of rotatable bonds is 6. The Labute approximate surface area is 271 Å². The topological polar surface area (TPSA) is 97.4 Å². The number of benzene rings is 3. The number of likely N-dealkylation sites (tertiary alicyclic amines) is 1. The Morgan fingerprint density at radius 1 is 1.07 bits per heavy atom. The first-order chi connectivity index (χ1) is 21.5. The van der Waals surface area contributed by atoms with E-state index >= 15 is 0 Å². The molecule has 0 bridgehead atoms. The van der Waals surface area contributed by atoms with Crippen LogP contribution in [0, 0.1) is 6.92 Å². The molecule has 1 saturated heterocycles. The van der Waals surface area contributed by atoms with E-state index in [1.807, 2.05) is 58.9 Å². The molecule has 10 heteroatoms. The minimum Gasteiger partial charge on any atom is -0.466 e. The Morgan fingerprint density at radius 2 is 1.78 bits per heavy atom. The number of esters is 1. The van der Waals surface area contributed by atoms with E-state index in [-0.39, 0.29) is 24.4 Å². The highest BCUT2D eigenvalue weighted by Gasteiger charge is 2.29. The Balaban J connectivity index is 1.35. The SMILES string of the molecule is CCOC(=O)Cc1c(C)cc2nc(-c3ccc4[nH]nc(C5CCN(C(=O)OC(C)(C)C)CC5)c4c3)sc2c1-c1ccc(Cl)cc1. The zero-order valence-corrected chi connectivity index (χ0v) is 27.8. The highest BCUT2D eigenvalue weighted by molar-refractivity contribution is 7.22. The molecule has 3 heterocycles. The summed E-state index contributed by atoms with van der Waals surface area (Å²) in [5, 5.41) is 10.5. The summed E-state index contributed by atoms with van der Waals surface area (Å²) in [7, 11) is 0. The van der Waals surface area contributed by atoms with Crippen LogP contribution >= 0.6 is 22.9 Å². The standard InChI is InChI=1S/C35H37ClN4O4S/c1-6-43-29(41)19-25-20(2)17-28-32(30(25)21-7-10-24(36)11-8-21)45-33(37-28)23-9-12-27-26(18-23)31(39-38-27)22-13-15-40(16-14-22)34(42)44-35(3,4)5/h7-12,17-18,22H,6,13-16,19H2,1-5H3,(H,38,39). The molecule has 6 rings (SSSR count). The first-order valence-electron chi connectivity index (χ1n) is 15.3. The molecule has 0 spiro atoms. The van der Waals surface area contributed by atoms with Crippen molar-refractivity contribution < 1.29 is 19.1 Å². The molecule has 1 N–H and O–H groups in total. The Bertz CT molecular complexity index is 1880. The molecule has 2 aromatic heterocycles. The zero-order chi connectivity index (χ0) is 31.9. The van der Waals surface area contributed by atoms with Gasteiger partial charge in [-0.15, -0.1) is 11.3 Å². The van der Waals surface area contributed by atoms with Crippen molar-refractivity contribution in [2.75, 3.05) is 19.7 Å². The third kappa shape index (κ3) is 6.56. The third-order valence-electron chi connectivity index (χ3n) is 8.14. The van der Waals surface area contributed by atoms with E-state index in [4.69, 9.17) is 31.2 Å². The van der Waals surface area contributed by atoms with E-state index in [9.17, 15) is 9.59 Å². The van der Waals surface area contributed by atoms with E-state index in [0.29, 0.717) is 24.7 Å². The summed E-state index contributed by atoms with van der Waals surface area (Å²) >= 11 is 7.85. The number of nitrogens with one attached hydrogen (secondary N) is 1. The van der Waals surface area contributed by atoms with Crippen LogP contribution in [0.5, 0.6) is 0 Å². The molecule has 1 amide bonds. The Morgan fingerprint density at radius 3 is 2.47 bits per heavy atom. The van der Waals surface area contributed by atoms with Crippen LogP contribution in [0.1, 0.15) is 63.3 Å². The van der Waals surface area contributed by atoms with Crippen molar-refractivity contribution in [1.82, 2.24) is 20.1 Å². The number of hydrogen-bond acceptors (Lipinski definition) is 7. The largest absolute Gasteiger partial charge is 0.466 e. The summed E-state index contributed by atoms with van der Waals surface area (Å²) in [6, 6.07) is 16.1. The minimum absolute atomic E-state index is 0.178.